The summed E-state index contributed by atoms with van der Waals surface area (Å²) < 4.78 is 0. The second kappa shape index (κ2) is 20.7. The molecule has 0 radical (unpaired) electrons. The van der Waals surface area contributed by atoms with Crippen LogP contribution in [0.3, 0.4) is 0 Å². The van der Waals surface area contributed by atoms with Gasteiger partial charge in [0.1, 0.15) is 12.1 Å². The highest BCUT2D eigenvalue weighted by Gasteiger charge is 2.39. The third-order valence-corrected chi connectivity index (χ3v) is 10.0. The van der Waals surface area contributed by atoms with Crippen LogP contribution in [-0.4, -0.2) is 141 Å². The highest BCUT2D eigenvalue weighted by Crippen LogP contribution is 2.23. The molecule has 19 nitrogen and oxygen atoms in total. The van der Waals surface area contributed by atoms with E-state index in [2.05, 4.69) is 36.9 Å². The maximum absolute atomic E-state index is 13.5. The molecule has 7 atom stereocenters. The average Bonchev–Trinajstić information content (AvgIpc) is 3.77. The molecule has 6 unspecified atom stereocenters. The van der Waals surface area contributed by atoms with E-state index in [-0.39, 0.29) is 25.0 Å². The van der Waals surface area contributed by atoms with Crippen LogP contribution in [-0.2, 0) is 40.0 Å². The summed E-state index contributed by atoms with van der Waals surface area (Å²) in [6, 6.07) is 9.74. The van der Waals surface area contributed by atoms with E-state index < -0.39 is 110 Å². The minimum Gasteiger partial charge on any atom is -0.391 e. The number of amides is 7. The second-order valence-electron chi connectivity index (χ2n) is 14.5. The smallest absolute Gasteiger partial charge is 0.251 e. The lowest BCUT2D eigenvalue weighted by Crippen LogP contribution is -2.60. The van der Waals surface area contributed by atoms with Crippen molar-refractivity contribution < 1.29 is 54.0 Å². The number of fused-ring (bicyclic) bond motifs is 2. The summed E-state index contributed by atoms with van der Waals surface area (Å²) in [6.07, 6.45) is -2.87. The summed E-state index contributed by atoms with van der Waals surface area (Å²) in [5.74, 6) is -5.88. The van der Waals surface area contributed by atoms with Crippen LogP contribution >= 0.6 is 11.6 Å². The van der Waals surface area contributed by atoms with Gasteiger partial charge in [0.25, 0.3) is 5.91 Å². The Morgan fingerprint density at radius 1 is 0.867 bits per heavy atom. The normalized spacial score (nSPS) is 24.4. The number of halogens is 1. The van der Waals surface area contributed by atoms with Gasteiger partial charge in [-0.05, 0) is 29.7 Å². The maximum atomic E-state index is 13.5. The van der Waals surface area contributed by atoms with Crippen molar-refractivity contribution in [3.05, 3.63) is 88.7 Å². The number of likely N-dealkylation sites (N-methyl/N-ethyl adjacent to an activating group) is 1. The molecule has 5 rings (SSSR count). The number of aliphatic hydroxyl groups is 4. The van der Waals surface area contributed by atoms with Crippen molar-refractivity contribution >= 4 is 69.9 Å². The molecule has 0 bridgehead atoms. The highest BCUT2D eigenvalue weighted by molar-refractivity contribution is 6.31. The monoisotopic (exact) mass is 850 g/mol. The molecule has 7 amide bonds. The summed E-state index contributed by atoms with van der Waals surface area (Å²) in [6.45, 7) is -1.65. The number of aromatic nitrogens is 1. The van der Waals surface area contributed by atoms with Crippen LogP contribution in [0.5, 0.6) is 0 Å². The van der Waals surface area contributed by atoms with Crippen LogP contribution in [0.25, 0.3) is 17.0 Å². The predicted molar refractivity (Wildman–Crippen MR) is 216 cm³/mol. The van der Waals surface area contributed by atoms with Crippen LogP contribution in [0.4, 0.5) is 0 Å². The van der Waals surface area contributed by atoms with Crippen molar-refractivity contribution in [2.75, 3.05) is 26.7 Å². The third kappa shape index (κ3) is 12.4. The van der Waals surface area contributed by atoms with Crippen molar-refractivity contribution in [3.63, 3.8) is 0 Å². The number of hydrogen-bond acceptors (Lipinski definition) is 11. The fraction of sp³-hybridized carbons (Fsp3) is 0.375. The van der Waals surface area contributed by atoms with Crippen molar-refractivity contribution in [3.8, 4) is 0 Å². The number of hydrogen-bond donors (Lipinski definition) is 11. The van der Waals surface area contributed by atoms with Gasteiger partial charge in [-0.1, -0.05) is 60.2 Å². The minimum atomic E-state index is -2.24. The molecule has 3 heterocycles. The van der Waals surface area contributed by atoms with Crippen molar-refractivity contribution in [2.45, 2.75) is 68.2 Å². The molecule has 2 aromatic carbocycles. The Kier molecular flexibility index (Phi) is 15.5. The van der Waals surface area contributed by atoms with Crippen LogP contribution in [0.1, 0.15) is 30.4 Å². The summed E-state index contributed by atoms with van der Waals surface area (Å²) >= 11 is 6.11. The first-order valence-electron chi connectivity index (χ1n) is 19.0. The molecule has 20 heteroatoms. The molecule has 11 N–H and O–H groups in total. The molecule has 60 heavy (non-hydrogen) atoms. The molecular weight excluding hydrogens is 804 g/mol. The molecule has 0 aliphatic carbocycles. The zero-order valence-electron chi connectivity index (χ0n) is 32.4. The number of nitrogens with zero attached hydrogens (tertiary/aromatic N) is 1. The number of aliphatic hydroxyl groups excluding tert-OH is 4. The topological polar surface area (TPSA) is 292 Å². The number of benzene rings is 2. The second-order valence-corrected chi connectivity index (χ2v) is 14.9. The zero-order valence-corrected chi connectivity index (χ0v) is 33.1. The Balaban J connectivity index is 1.37. The molecule has 2 aliphatic heterocycles. The van der Waals surface area contributed by atoms with Gasteiger partial charge in [0.2, 0.25) is 35.4 Å². The van der Waals surface area contributed by atoms with E-state index in [0.717, 1.165) is 16.5 Å². The Bertz CT molecular complexity index is 2140. The standard InChI is InChI=1S/C40H47ClN8O11/c1-49-20-34(55)46-29(12-22-17-42-26-13-23(41)10-11-25(22)26)39(59)44-19-33(54)43-18-24(50)14-31(52)48-36(37(57)30(51)9-5-8-21-6-3-2-4-7-21)38(58)40(60)47-27-15-32(53)45-28(27)16-35(49)56/h2-8,10-11,13,16-17,24,27,29-30,36-38,42,50-51,57-58H,9,12,14-15,18-20H2,1H3,(H,43,54)(H,44,59)(H,45,53)(H,46,55)(H,47,60)(H,48,52)/b8-5+,28-16?/t24?,27-,29?,30?,36?,37?,38?/m1/s1. The predicted octanol–water partition coefficient (Wildman–Crippen LogP) is -2.14. The highest BCUT2D eigenvalue weighted by atomic mass is 35.5. The number of β-amino-alcohol motifs (C(OH)–C–C–N with tert-alkyl or cyclic N) is 1. The maximum Gasteiger partial charge on any atom is 0.251 e. The van der Waals surface area contributed by atoms with E-state index in [9.17, 15) is 54.0 Å². The lowest BCUT2D eigenvalue weighted by atomic mass is 9.96. The lowest BCUT2D eigenvalue weighted by Gasteiger charge is -2.31. The Morgan fingerprint density at radius 3 is 2.37 bits per heavy atom. The van der Waals surface area contributed by atoms with E-state index in [0.29, 0.717) is 21.5 Å². The molecule has 1 fully saturated rings. The van der Waals surface area contributed by atoms with Crippen molar-refractivity contribution in [1.82, 2.24) is 41.8 Å². The summed E-state index contributed by atoms with van der Waals surface area (Å²) in [5, 5.41) is 59.6. The van der Waals surface area contributed by atoms with E-state index in [4.69, 9.17) is 11.6 Å². The SMILES string of the molecule is CN1CC(=O)NC(Cc2c[nH]c3cc(Cl)ccc23)C(=O)NCC(=O)NCC(O)CC(=O)NC(C(O)C(O)C/C=C/c2ccccc2)C(O)C(=O)N[C@@H]2CC(=O)NC2=CC1=O. The Hall–Kier alpha value is -6.12. The summed E-state index contributed by atoms with van der Waals surface area (Å²) in [7, 11) is 1.28. The molecule has 0 saturated carbocycles. The number of carbonyl (C=O) groups excluding carboxylic acids is 7. The summed E-state index contributed by atoms with van der Waals surface area (Å²) in [5.41, 5.74) is 1.98. The number of aromatic amines is 1. The van der Waals surface area contributed by atoms with Gasteiger partial charge in [-0.2, -0.15) is 0 Å². The number of rotatable bonds is 7. The summed E-state index contributed by atoms with van der Waals surface area (Å²) in [4.78, 5) is 95.8. The van der Waals surface area contributed by atoms with Gasteiger partial charge < -0.3 is 62.2 Å². The molecule has 2 aliphatic rings. The van der Waals surface area contributed by atoms with E-state index in [1.54, 1.807) is 54.7 Å². The number of H-pyrrole nitrogens is 1. The molecule has 0 spiro atoms. The van der Waals surface area contributed by atoms with Gasteiger partial charge in [-0.25, -0.2) is 0 Å². The number of carbonyl (C=O) groups is 7. The van der Waals surface area contributed by atoms with Crippen LogP contribution in [0.2, 0.25) is 5.02 Å². The first-order valence-corrected chi connectivity index (χ1v) is 19.3. The van der Waals surface area contributed by atoms with Crippen LogP contribution in [0, 0.1) is 0 Å². The average molecular weight is 851 g/mol. The Labute approximate surface area is 348 Å². The first-order chi connectivity index (χ1) is 28.6. The third-order valence-electron chi connectivity index (χ3n) is 9.77. The van der Waals surface area contributed by atoms with Crippen molar-refractivity contribution in [1.29, 1.82) is 0 Å². The fourth-order valence-electron chi connectivity index (χ4n) is 6.57. The van der Waals surface area contributed by atoms with Crippen LogP contribution in [0.15, 0.2) is 72.6 Å². The molecular formula is C40H47ClN8O11. The van der Waals surface area contributed by atoms with Gasteiger partial charge >= 0.3 is 0 Å². The molecule has 1 saturated heterocycles. The van der Waals surface area contributed by atoms with Gasteiger partial charge in [-0.15, -0.1) is 0 Å². The zero-order chi connectivity index (χ0) is 43.5. The molecule has 3 aromatic rings. The van der Waals surface area contributed by atoms with Crippen LogP contribution < -0.4 is 31.9 Å². The van der Waals surface area contributed by atoms with Gasteiger partial charge in [0.05, 0.1) is 50.2 Å². The van der Waals surface area contributed by atoms with Gasteiger partial charge in [0, 0.05) is 53.9 Å². The van der Waals surface area contributed by atoms with E-state index in [1.165, 1.54) is 13.1 Å². The molecule has 320 valence electrons. The minimum absolute atomic E-state index is 0.0489. The first kappa shape index (κ1) is 45.0. The van der Waals surface area contributed by atoms with Gasteiger partial charge in [-0.3, -0.25) is 33.6 Å². The van der Waals surface area contributed by atoms with E-state index >= 15 is 0 Å². The Morgan fingerprint density at radius 2 is 1.62 bits per heavy atom. The van der Waals surface area contributed by atoms with E-state index in [1.807, 2.05) is 6.07 Å². The fourth-order valence-corrected chi connectivity index (χ4v) is 6.74. The molecule has 1 aromatic heterocycles. The quantitative estimate of drug-likeness (QED) is 0.122. The van der Waals surface area contributed by atoms with Gasteiger partial charge in [0.15, 0.2) is 6.10 Å². The van der Waals surface area contributed by atoms with Crippen molar-refractivity contribution in [2.24, 2.45) is 0 Å². The largest absolute Gasteiger partial charge is 0.391 e. The number of nitrogens with one attached hydrogen (secondary N) is 7. The lowest BCUT2D eigenvalue weighted by molar-refractivity contribution is -0.138.